The third-order valence-corrected chi connectivity index (χ3v) is 10.2. The minimum absolute atomic E-state index is 0.626. The predicted molar refractivity (Wildman–Crippen MR) is 223 cm³/mol. The van der Waals surface area contributed by atoms with Crippen LogP contribution in [0, 0.1) is 0 Å². The zero-order chi connectivity index (χ0) is 35.8. The minimum Gasteiger partial charge on any atom is -0.264 e. The summed E-state index contributed by atoms with van der Waals surface area (Å²) in [5.41, 5.74) is 12.4. The smallest absolute Gasteiger partial charge is 0.161 e. The number of benzene rings is 7. The second kappa shape index (κ2) is 13.4. The summed E-state index contributed by atoms with van der Waals surface area (Å²) < 4.78 is 0. The molecule has 0 saturated heterocycles. The van der Waals surface area contributed by atoms with Gasteiger partial charge in [-0.25, -0.2) is 9.97 Å². The van der Waals surface area contributed by atoms with E-state index in [2.05, 4.69) is 157 Å². The van der Waals surface area contributed by atoms with E-state index in [1.54, 1.807) is 6.20 Å². The molecule has 0 N–H and O–H groups in total. The van der Waals surface area contributed by atoms with Crippen molar-refractivity contribution in [2.24, 2.45) is 0 Å². The van der Waals surface area contributed by atoms with E-state index in [0.29, 0.717) is 5.82 Å². The first-order valence-corrected chi connectivity index (χ1v) is 18.1. The van der Waals surface area contributed by atoms with E-state index in [1.165, 1.54) is 38.2 Å². The monoisotopic (exact) mass is 688 g/mol. The van der Waals surface area contributed by atoms with Crippen LogP contribution in [0.4, 0.5) is 0 Å². The van der Waals surface area contributed by atoms with Gasteiger partial charge in [-0.2, -0.15) is 0 Å². The van der Waals surface area contributed by atoms with Gasteiger partial charge in [-0.1, -0.05) is 140 Å². The van der Waals surface area contributed by atoms with Gasteiger partial charge in [0.05, 0.1) is 16.9 Å². The Hall–Kier alpha value is -7.30. The van der Waals surface area contributed by atoms with E-state index in [0.717, 1.165) is 55.7 Å². The fraction of sp³-hybridized carbons (Fsp3) is 0. The average Bonchev–Trinajstić information content (AvgIpc) is 3.26. The third kappa shape index (κ3) is 5.67. The van der Waals surface area contributed by atoms with Crippen molar-refractivity contribution >= 4 is 32.4 Å². The van der Waals surface area contributed by atoms with Gasteiger partial charge < -0.3 is 0 Å². The molecular formula is C50H32N4. The molecule has 0 atom stereocenters. The molecule has 252 valence electrons. The van der Waals surface area contributed by atoms with Crippen LogP contribution in [0.25, 0.3) is 99.7 Å². The largest absolute Gasteiger partial charge is 0.264 e. The number of rotatable bonds is 6. The van der Waals surface area contributed by atoms with Gasteiger partial charge >= 0.3 is 0 Å². The van der Waals surface area contributed by atoms with E-state index < -0.39 is 0 Å². The van der Waals surface area contributed by atoms with Crippen LogP contribution >= 0.6 is 0 Å². The van der Waals surface area contributed by atoms with Crippen molar-refractivity contribution in [2.75, 3.05) is 0 Å². The number of para-hydroxylation sites is 1. The Morgan fingerprint density at radius 3 is 1.54 bits per heavy atom. The van der Waals surface area contributed by atoms with Crippen LogP contribution in [-0.2, 0) is 0 Å². The van der Waals surface area contributed by atoms with Gasteiger partial charge in [0.15, 0.2) is 5.82 Å². The number of pyridine rings is 2. The molecule has 4 nitrogen and oxygen atoms in total. The van der Waals surface area contributed by atoms with Gasteiger partial charge in [0.25, 0.3) is 0 Å². The Labute approximate surface area is 313 Å². The van der Waals surface area contributed by atoms with Gasteiger partial charge in [-0.15, -0.1) is 0 Å². The van der Waals surface area contributed by atoms with E-state index in [4.69, 9.17) is 15.0 Å². The van der Waals surface area contributed by atoms with E-state index >= 15 is 0 Å². The van der Waals surface area contributed by atoms with Crippen LogP contribution < -0.4 is 0 Å². The molecule has 0 unspecified atom stereocenters. The molecule has 0 amide bonds. The highest BCUT2D eigenvalue weighted by Gasteiger charge is 2.18. The van der Waals surface area contributed by atoms with Crippen molar-refractivity contribution < 1.29 is 0 Å². The molecule has 10 aromatic rings. The molecule has 0 aliphatic carbocycles. The van der Waals surface area contributed by atoms with Gasteiger partial charge in [-0.3, -0.25) is 9.97 Å². The van der Waals surface area contributed by atoms with Crippen molar-refractivity contribution in [3.05, 3.63) is 195 Å². The number of hydrogen-bond donors (Lipinski definition) is 0. The first-order chi connectivity index (χ1) is 26.8. The quantitative estimate of drug-likeness (QED) is 0.163. The molecule has 0 saturated carbocycles. The van der Waals surface area contributed by atoms with Crippen LogP contribution in [-0.4, -0.2) is 19.9 Å². The van der Waals surface area contributed by atoms with Crippen molar-refractivity contribution in [1.29, 1.82) is 0 Å². The lowest BCUT2D eigenvalue weighted by Gasteiger charge is -2.18. The molecule has 0 radical (unpaired) electrons. The van der Waals surface area contributed by atoms with Crippen molar-refractivity contribution in [1.82, 2.24) is 19.9 Å². The van der Waals surface area contributed by atoms with Crippen LogP contribution in [0.15, 0.2) is 195 Å². The molecule has 0 aliphatic rings. The summed E-state index contributed by atoms with van der Waals surface area (Å²) in [4.78, 5) is 19.5. The van der Waals surface area contributed by atoms with Crippen LogP contribution in [0.3, 0.4) is 0 Å². The topological polar surface area (TPSA) is 51.6 Å². The van der Waals surface area contributed by atoms with E-state index in [1.807, 2.05) is 36.7 Å². The summed E-state index contributed by atoms with van der Waals surface area (Å²) in [5.74, 6) is 0.626. The second-order valence-corrected chi connectivity index (χ2v) is 13.5. The van der Waals surface area contributed by atoms with E-state index in [-0.39, 0.29) is 0 Å². The van der Waals surface area contributed by atoms with Crippen LogP contribution in [0.2, 0.25) is 0 Å². The maximum Gasteiger partial charge on any atom is 0.161 e. The zero-order valence-corrected chi connectivity index (χ0v) is 29.3. The molecule has 4 heteroatoms. The molecule has 54 heavy (non-hydrogen) atoms. The minimum atomic E-state index is 0.626. The SMILES string of the molecule is c1ccc(-c2c3ccccc3c(-c3cccc(-c4cc(-c5cccc(-c6cccnc6)c5)nc(-c5cnc6ccccc6c5)n4)c3)c3ccccc23)cc1. The third-order valence-electron chi connectivity index (χ3n) is 10.2. The highest BCUT2D eigenvalue weighted by atomic mass is 14.9. The Kier molecular flexibility index (Phi) is 7.77. The van der Waals surface area contributed by atoms with Gasteiger partial charge in [0.1, 0.15) is 0 Å². The number of nitrogens with zero attached hydrogens (tertiary/aromatic N) is 4. The first kappa shape index (κ1) is 31.4. The standard InChI is InChI=1S/C50H32N4/c1-2-13-33(14-3-1)48-41-21-5-7-23-43(41)49(44-24-8-6-22-42(44)48)38-19-11-18-37(28-38)47-30-46(36-17-10-16-34(27-36)39-20-12-26-51-31-39)53-50(54-47)40-29-35-15-4-9-25-45(35)52-32-40/h1-32H. The van der Waals surface area contributed by atoms with Gasteiger partial charge in [0, 0.05) is 46.2 Å². The van der Waals surface area contributed by atoms with Crippen molar-refractivity contribution in [2.45, 2.75) is 0 Å². The van der Waals surface area contributed by atoms with Crippen LogP contribution in [0.1, 0.15) is 0 Å². The Morgan fingerprint density at radius 2 is 0.870 bits per heavy atom. The highest BCUT2D eigenvalue weighted by molar-refractivity contribution is 6.21. The highest BCUT2D eigenvalue weighted by Crippen LogP contribution is 2.44. The maximum absolute atomic E-state index is 5.24. The molecule has 0 fully saturated rings. The summed E-state index contributed by atoms with van der Waals surface area (Å²) in [6.45, 7) is 0. The molecule has 0 spiro atoms. The molecule has 0 bridgehead atoms. The molecule has 7 aromatic carbocycles. The van der Waals surface area contributed by atoms with Gasteiger partial charge in [-0.05, 0) is 85.8 Å². The normalized spacial score (nSPS) is 11.3. The second-order valence-electron chi connectivity index (χ2n) is 13.5. The van der Waals surface area contributed by atoms with Crippen molar-refractivity contribution in [3.8, 4) is 67.3 Å². The molecule has 0 aliphatic heterocycles. The average molecular weight is 689 g/mol. The predicted octanol–water partition coefficient (Wildman–Crippen LogP) is 12.7. The molecular weight excluding hydrogens is 657 g/mol. The Bertz CT molecular complexity index is 2940. The number of hydrogen-bond acceptors (Lipinski definition) is 4. The molecule has 3 heterocycles. The van der Waals surface area contributed by atoms with Gasteiger partial charge in [0.2, 0.25) is 0 Å². The summed E-state index contributed by atoms with van der Waals surface area (Å²) in [5, 5.41) is 5.93. The summed E-state index contributed by atoms with van der Waals surface area (Å²) >= 11 is 0. The fourth-order valence-corrected chi connectivity index (χ4v) is 7.65. The fourth-order valence-electron chi connectivity index (χ4n) is 7.65. The molecule has 3 aromatic heterocycles. The zero-order valence-electron chi connectivity index (χ0n) is 29.3. The summed E-state index contributed by atoms with van der Waals surface area (Å²) in [7, 11) is 0. The summed E-state index contributed by atoms with van der Waals surface area (Å²) in [6.07, 6.45) is 5.56. The Balaban J connectivity index is 1.18. The van der Waals surface area contributed by atoms with Crippen molar-refractivity contribution in [3.63, 3.8) is 0 Å². The summed E-state index contributed by atoms with van der Waals surface area (Å²) in [6, 6.07) is 61.9. The number of aromatic nitrogens is 4. The number of fused-ring (bicyclic) bond motifs is 3. The lowest BCUT2D eigenvalue weighted by atomic mass is 9.85. The first-order valence-electron chi connectivity index (χ1n) is 18.1. The lowest BCUT2D eigenvalue weighted by Crippen LogP contribution is -1.97. The Morgan fingerprint density at radius 1 is 0.333 bits per heavy atom. The maximum atomic E-state index is 5.24. The lowest BCUT2D eigenvalue weighted by molar-refractivity contribution is 1.18. The van der Waals surface area contributed by atoms with E-state index in [9.17, 15) is 0 Å². The van der Waals surface area contributed by atoms with Crippen LogP contribution in [0.5, 0.6) is 0 Å². The molecule has 10 rings (SSSR count).